The Hall–Kier alpha value is -0.710. The fourth-order valence-corrected chi connectivity index (χ4v) is 1.35. The fourth-order valence-electron chi connectivity index (χ4n) is 1.03. The minimum absolute atomic E-state index is 0.110. The largest absolute Gasteiger partial charge is 0.466 e. The zero-order valence-electron chi connectivity index (χ0n) is 8.65. The number of carbonyl (C=O) groups is 1. The van der Waals surface area contributed by atoms with Crippen molar-refractivity contribution in [2.75, 3.05) is 6.61 Å². The van der Waals surface area contributed by atoms with Gasteiger partial charge in [0.05, 0.1) is 12.9 Å². The highest BCUT2D eigenvalue weighted by molar-refractivity contribution is 6.58. The Bertz CT molecular complexity index is 335. The molecule has 0 radical (unpaired) electrons. The minimum Gasteiger partial charge on any atom is -0.466 e. The van der Waals surface area contributed by atoms with Crippen molar-refractivity contribution in [3.8, 4) is 0 Å². The van der Waals surface area contributed by atoms with Gasteiger partial charge in [0.2, 0.25) is 4.33 Å². The SMILES string of the molecule is CCCOC(=O)C(Cl)(Cl)C(O)c1ccco1. The monoisotopic (exact) mass is 266 g/mol. The van der Waals surface area contributed by atoms with Gasteiger partial charge in [-0.25, -0.2) is 4.79 Å². The van der Waals surface area contributed by atoms with Crippen LogP contribution in [-0.4, -0.2) is 22.0 Å². The van der Waals surface area contributed by atoms with Gasteiger partial charge in [0.1, 0.15) is 5.76 Å². The van der Waals surface area contributed by atoms with E-state index in [9.17, 15) is 9.90 Å². The first kappa shape index (κ1) is 13.4. The molecule has 90 valence electrons. The normalized spacial score (nSPS) is 13.5. The van der Waals surface area contributed by atoms with Crippen LogP contribution in [0.3, 0.4) is 0 Å². The van der Waals surface area contributed by atoms with E-state index in [0.29, 0.717) is 6.42 Å². The van der Waals surface area contributed by atoms with E-state index in [-0.39, 0.29) is 12.4 Å². The number of aliphatic hydroxyl groups is 1. The van der Waals surface area contributed by atoms with Gasteiger partial charge in [-0.05, 0) is 18.6 Å². The van der Waals surface area contributed by atoms with Gasteiger partial charge < -0.3 is 14.3 Å². The van der Waals surface area contributed by atoms with Crippen LogP contribution in [0, 0.1) is 0 Å². The molecule has 1 atom stereocenters. The summed E-state index contributed by atoms with van der Waals surface area (Å²) in [4.78, 5) is 11.5. The molecule has 16 heavy (non-hydrogen) atoms. The zero-order chi connectivity index (χ0) is 12.2. The number of halogens is 2. The third-order valence-electron chi connectivity index (χ3n) is 1.87. The molecular weight excluding hydrogens is 255 g/mol. The summed E-state index contributed by atoms with van der Waals surface area (Å²) in [7, 11) is 0. The first-order chi connectivity index (χ1) is 7.50. The van der Waals surface area contributed by atoms with Crippen LogP contribution in [0.1, 0.15) is 25.2 Å². The van der Waals surface area contributed by atoms with E-state index in [2.05, 4.69) is 0 Å². The molecule has 0 fully saturated rings. The predicted octanol–water partition coefficient (Wildman–Crippen LogP) is 2.44. The van der Waals surface area contributed by atoms with Crippen LogP contribution in [0.25, 0.3) is 0 Å². The predicted molar refractivity (Wildman–Crippen MR) is 59.4 cm³/mol. The molecule has 1 aromatic heterocycles. The van der Waals surface area contributed by atoms with Crippen LogP contribution in [0.4, 0.5) is 0 Å². The van der Waals surface area contributed by atoms with Crippen molar-refractivity contribution in [3.05, 3.63) is 24.2 Å². The number of hydrogen-bond acceptors (Lipinski definition) is 4. The lowest BCUT2D eigenvalue weighted by atomic mass is 10.2. The van der Waals surface area contributed by atoms with Crippen molar-refractivity contribution >= 4 is 29.2 Å². The highest BCUT2D eigenvalue weighted by atomic mass is 35.5. The number of carbonyl (C=O) groups excluding carboxylic acids is 1. The maximum Gasteiger partial charge on any atom is 0.345 e. The first-order valence-corrected chi connectivity index (χ1v) is 5.52. The second-order valence-electron chi connectivity index (χ2n) is 3.18. The molecule has 0 saturated carbocycles. The highest BCUT2D eigenvalue weighted by Gasteiger charge is 2.45. The summed E-state index contributed by atoms with van der Waals surface area (Å²) in [6, 6.07) is 3.02. The number of rotatable bonds is 5. The van der Waals surface area contributed by atoms with Gasteiger partial charge in [0.25, 0.3) is 0 Å². The smallest absolute Gasteiger partial charge is 0.345 e. The summed E-state index contributed by atoms with van der Waals surface area (Å²) in [6.07, 6.45) is 0.530. The molecule has 1 rings (SSSR count). The number of aliphatic hydroxyl groups excluding tert-OH is 1. The Balaban J connectivity index is 2.72. The summed E-state index contributed by atoms with van der Waals surface area (Å²) < 4.78 is 7.62. The van der Waals surface area contributed by atoms with E-state index in [1.807, 2.05) is 6.92 Å². The summed E-state index contributed by atoms with van der Waals surface area (Å²) in [5.41, 5.74) is 0. The van der Waals surface area contributed by atoms with Gasteiger partial charge in [0, 0.05) is 0 Å². The van der Waals surface area contributed by atoms with E-state index in [1.54, 1.807) is 6.07 Å². The molecule has 6 heteroatoms. The molecule has 0 aliphatic carbocycles. The average molecular weight is 267 g/mol. The molecule has 1 aromatic rings. The molecule has 0 bridgehead atoms. The molecule has 0 aliphatic rings. The number of alkyl halides is 2. The molecule has 0 saturated heterocycles. The topological polar surface area (TPSA) is 59.7 Å². The van der Waals surface area contributed by atoms with Crippen molar-refractivity contribution in [3.63, 3.8) is 0 Å². The standard InChI is InChI=1S/C10H12Cl2O4/c1-2-5-16-9(14)10(11,12)8(13)7-4-3-6-15-7/h3-4,6,8,13H,2,5H2,1H3. The maximum atomic E-state index is 11.5. The number of esters is 1. The third-order valence-corrected chi connectivity index (χ3v) is 2.59. The Morgan fingerprint density at radius 3 is 2.88 bits per heavy atom. The van der Waals surface area contributed by atoms with Crippen molar-refractivity contribution in [1.29, 1.82) is 0 Å². The molecule has 0 spiro atoms. The van der Waals surface area contributed by atoms with Gasteiger partial charge in [0.15, 0.2) is 6.10 Å². The maximum absolute atomic E-state index is 11.5. The lowest BCUT2D eigenvalue weighted by Gasteiger charge is -2.21. The molecule has 0 aliphatic heterocycles. The van der Waals surface area contributed by atoms with Crippen molar-refractivity contribution in [2.24, 2.45) is 0 Å². The third kappa shape index (κ3) is 2.90. The molecule has 0 aromatic carbocycles. The molecule has 1 heterocycles. The van der Waals surface area contributed by atoms with Crippen LogP contribution >= 0.6 is 23.2 Å². The van der Waals surface area contributed by atoms with Crippen LogP contribution in [0.15, 0.2) is 22.8 Å². The zero-order valence-corrected chi connectivity index (χ0v) is 10.2. The second kappa shape index (κ2) is 5.57. The Morgan fingerprint density at radius 1 is 1.69 bits per heavy atom. The molecular formula is C10H12Cl2O4. The van der Waals surface area contributed by atoms with Crippen molar-refractivity contribution < 1.29 is 19.1 Å². The molecule has 4 nitrogen and oxygen atoms in total. The van der Waals surface area contributed by atoms with Gasteiger partial charge in [-0.1, -0.05) is 30.1 Å². The van der Waals surface area contributed by atoms with Gasteiger partial charge in [-0.2, -0.15) is 0 Å². The van der Waals surface area contributed by atoms with E-state index < -0.39 is 16.4 Å². The van der Waals surface area contributed by atoms with E-state index in [0.717, 1.165) is 0 Å². The molecule has 0 amide bonds. The first-order valence-electron chi connectivity index (χ1n) is 4.76. The quantitative estimate of drug-likeness (QED) is 0.657. The number of hydrogen-bond donors (Lipinski definition) is 1. The van der Waals surface area contributed by atoms with E-state index in [4.69, 9.17) is 32.4 Å². The number of ether oxygens (including phenoxy) is 1. The van der Waals surface area contributed by atoms with Gasteiger partial charge in [-0.3, -0.25) is 0 Å². The lowest BCUT2D eigenvalue weighted by molar-refractivity contribution is -0.147. The minimum atomic E-state index is -2.06. The molecule has 1 N–H and O–H groups in total. The van der Waals surface area contributed by atoms with E-state index in [1.165, 1.54) is 12.3 Å². The van der Waals surface area contributed by atoms with Gasteiger partial charge >= 0.3 is 5.97 Å². The van der Waals surface area contributed by atoms with Crippen LogP contribution in [0.5, 0.6) is 0 Å². The van der Waals surface area contributed by atoms with Crippen molar-refractivity contribution in [1.82, 2.24) is 0 Å². The van der Waals surface area contributed by atoms with Crippen LogP contribution in [0.2, 0.25) is 0 Å². The lowest BCUT2D eigenvalue weighted by Crippen LogP contribution is -2.35. The summed E-state index contributed by atoms with van der Waals surface area (Å²) >= 11 is 11.5. The number of furan rings is 1. The Morgan fingerprint density at radius 2 is 2.38 bits per heavy atom. The summed E-state index contributed by atoms with van der Waals surface area (Å²) in [6.45, 7) is 2.03. The Kier molecular flexibility index (Phi) is 4.65. The second-order valence-corrected chi connectivity index (χ2v) is 4.56. The summed E-state index contributed by atoms with van der Waals surface area (Å²) in [5, 5.41) is 9.75. The molecule has 1 unspecified atom stereocenters. The summed E-state index contributed by atoms with van der Waals surface area (Å²) in [5.74, 6) is -0.778. The van der Waals surface area contributed by atoms with Crippen LogP contribution < -0.4 is 0 Å². The van der Waals surface area contributed by atoms with Gasteiger partial charge in [-0.15, -0.1) is 0 Å². The Labute approximate surface area is 103 Å². The van der Waals surface area contributed by atoms with E-state index >= 15 is 0 Å². The van der Waals surface area contributed by atoms with Crippen molar-refractivity contribution in [2.45, 2.75) is 23.8 Å². The fraction of sp³-hybridized carbons (Fsp3) is 0.500. The average Bonchev–Trinajstić information content (AvgIpc) is 2.77. The van der Waals surface area contributed by atoms with Crippen LogP contribution in [-0.2, 0) is 9.53 Å². The highest BCUT2D eigenvalue weighted by Crippen LogP contribution is 2.37.